The van der Waals surface area contributed by atoms with Gasteiger partial charge in [-0.05, 0) is 41.0 Å². The van der Waals surface area contributed by atoms with Crippen molar-refractivity contribution >= 4 is 23.5 Å². The standard InChI is InChI=1S/C36H41N5O3S/c1-36(2,3)32-21-33(41-18-16-40(17-19-41)23-28-12-15-30-31(20-28)44-25-43-30)38-35(37-32)45-24-27-10-13-29(14-11-27)34(42)39(4)22-26-8-6-5-7-9-26/h5-15,20-21H,16-19,22-25H2,1-4H3. The molecule has 0 saturated carbocycles. The van der Waals surface area contributed by atoms with Crippen LogP contribution in [-0.4, -0.2) is 65.7 Å². The molecule has 0 bridgehead atoms. The highest BCUT2D eigenvalue weighted by Gasteiger charge is 2.24. The summed E-state index contributed by atoms with van der Waals surface area (Å²) in [5.41, 5.74) is 5.11. The van der Waals surface area contributed by atoms with E-state index in [9.17, 15) is 4.79 Å². The van der Waals surface area contributed by atoms with Gasteiger partial charge in [-0.3, -0.25) is 9.69 Å². The quantitative estimate of drug-likeness (QED) is 0.157. The smallest absolute Gasteiger partial charge is 0.253 e. The van der Waals surface area contributed by atoms with Crippen LogP contribution in [0.3, 0.4) is 0 Å². The summed E-state index contributed by atoms with van der Waals surface area (Å²) >= 11 is 1.64. The molecule has 0 radical (unpaired) electrons. The molecule has 234 valence electrons. The maximum atomic E-state index is 13.0. The SMILES string of the molecule is CN(Cc1ccccc1)C(=O)c1ccc(CSc2nc(N3CCN(Cc4ccc5c(c4)OCO5)CC3)cc(C(C)(C)C)n2)cc1. The van der Waals surface area contributed by atoms with E-state index in [0.29, 0.717) is 18.9 Å². The van der Waals surface area contributed by atoms with E-state index in [4.69, 9.17) is 19.4 Å². The molecule has 9 heteroatoms. The fourth-order valence-corrected chi connectivity index (χ4v) is 6.31. The molecular weight excluding hydrogens is 582 g/mol. The van der Waals surface area contributed by atoms with Crippen LogP contribution >= 0.6 is 11.8 Å². The molecular formula is C36H41N5O3S. The molecule has 6 rings (SSSR count). The second-order valence-corrected chi connectivity index (χ2v) is 13.7. The third kappa shape index (κ3) is 7.78. The number of hydrogen-bond donors (Lipinski definition) is 0. The van der Waals surface area contributed by atoms with Gasteiger partial charge in [0.2, 0.25) is 6.79 Å². The zero-order valence-electron chi connectivity index (χ0n) is 26.5. The topological polar surface area (TPSA) is 71.0 Å². The highest BCUT2D eigenvalue weighted by Crippen LogP contribution is 2.33. The normalized spacial score (nSPS) is 14.9. The van der Waals surface area contributed by atoms with Crippen LogP contribution in [0.5, 0.6) is 11.5 Å². The number of aromatic nitrogens is 2. The van der Waals surface area contributed by atoms with Gasteiger partial charge in [0.25, 0.3) is 5.91 Å². The number of fused-ring (bicyclic) bond motifs is 1. The van der Waals surface area contributed by atoms with Gasteiger partial charge in [0.1, 0.15) is 5.82 Å². The monoisotopic (exact) mass is 623 g/mol. The van der Waals surface area contributed by atoms with Crippen molar-refractivity contribution in [3.05, 3.63) is 107 Å². The van der Waals surface area contributed by atoms with Gasteiger partial charge in [-0.25, -0.2) is 9.97 Å². The molecule has 8 nitrogen and oxygen atoms in total. The number of anilines is 1. The number of carbonyl (C=O) groups excluding carboxylic acids is 1. The molecule has 0 atom stereocenters. The van der Waals surface area contributed by atoms with E-state index in [1.54, 1.807) is 16.7 Å². The van der Waals surface area contributed by atoms with Gasteiger partial charge < -0.3 is 19.3 Å². The van der Waals surface area contributed by atoms with Crippen molar-refractivity contribution in [2.24, 2.45) is 0 Å². The zero-order chi connectivity index (χ0) is 31.4. The van der Waals surface area contributed by atoms with Crippen LogP contribution in [0.4, 0.5) is 5.82 Å². The number of nitrogens with zero attached hydrogens (tertiary/aromatic N) is 5. The van der Waals surface area contributed by atoms with Crippen molar-refractivity contribution in [3.63, 3.8) is 0 Å². The first-order chi connectivity index (χ1) is 21.7. The van der Waals surface area contributed by atoms with Gasteiger partial charge in [-0.2, -0.15) is 0 Å². The lowest BCUT2D eigenvalue weighted by Gasteiger charge is -2.36. The number of thioether (sulfide) groups is 1. The maximum Gasteiger partial charge on any atom is 0.253 e. The number of amides is 1. The van der Waals surface area contributed by atoms with Crippen molar-refractivity contribution in [2.75, 3.05) is 44.9 Å². The predicted molar refractivity (Wildman–Crippen MR) is 179 cm³/mol. The number of ether oxygens (including phenoxy) is 2. The van der Waals surface area contributed by atoms with Gasteiger partial charge in [0.15, 0.2) is 16.7 Å². The maximum absolute atomic E-state index is 13.0. The number of piperazine rings is 1. The fraction of sp³-hybridized carbons (Fsp3) is 0.361. The molecule has 1 aromatic heterocycles. The Morgan fingerprint density at radius 1 is 0.844 bits per heavy atom. The molecule has 0 aliphatic carbocycles. The molecule has 0 unspecified atom stereocenters. The lowest BCUT2D eigenvalue weighted by atomic mass is 9.92. The summed E-state index contributed by atoms with van der Waals surface area (Å²) in [7, 11) is 1.84. The molecule has 2 aliphatic rings. The number of benzene rings is 3. The van der Waals surface area contributed by atoms with Gasteiger partial charge >= 0.3 is 0 Å². The summed E-state index contributed by atoms with van der Waals surface area (Å²) in [6.07, 6.45) is 0. The second-order valence-electron chi connectivity index (χ2n) is 12.7. The summed E-state index contributed by atoms with van der Waals surface area (Å²) in [6.45, 7) is 12.1. The molecule has 1 saturated heterocycles. The molecule has 45 heavy (non-hydrogen) atoms. The van der Waals surface area contributed by atoms with E-state index < -0.39 is 0 Å². The predicted octanol–water partition coefficient (Wildman–Crippen LogP) is 6.39. The van der Waals surface area contributed by atoms with Crippen LogP contribution in [0.1, 0.15) is 53.5 Å². The van der Waals surface area contributed by atoms with E-state index in [0.717, 1.165) is 77.8 Å². The Morgan fingerprint density at radius 3 is 2.29 bits per heavy atom. The Labute approximate surface area is 270 Å². The molecule has 1 fully saturated rings. The van der Waals surface area contributed by atoms with Crippen LogP contribution in [0.15, 0.2) is 84.0 Å². The van der Waals surface area contributed by atoms with Crippen molar-refractivity contribution in [2.45, 2.75) is 50.2 Å². The van der Waals surface area contributed by atoms with Crippen LogP contribution in [-0.2, 0) is 24.3 Å². The molecule has 0 spiro atoms. The lowest BCUT2D eigenvalue weighted by molar-refractivity contribution is 0.0785. The minimum absolute atomic E-state index is 0.0138. The summed E-state index contributed by atoms with van der Waals surface area (Å²) in [5, 5.41) is 0.781. The minimum atomic E-state index is -0.0953. The second kappa shape index (κ2) is 13.5. The first-order valence-corrected chi connectivity index (χ1v) is 16.5. The molecule has 0 N–H and O–H groups in total. The van der Waals surface area contributed by atoms with E-state index >= 15 is 0 Å². The molecule has 1 amide bonds. The number of hydrogen-bond acceptors (Lipinski definition) is 8. The lowest BCUT2D eigenvalue weighted by Crippen LogP contribution is -2.46. The minimum Gasteiger partial charge on any atom is -0.454 e. The van der Waals surface area contributed by atoms with Gasteiger partial charge in [-0.15, -0.1) is 0 Å². The van der Waals surface area contributed by atoms with Crippen LogP contribution in [0.25, 0.3) is 0 Å². The molecule has 2 aliphatic heterocycles. The molecule has 3 heterocycles. The summed E-state index contributed by atoms with van der Waals surface area (Å²) in [4.78, 5) is 29.6. The van der Waals surface area contributed by atoms with Crippen molar-refractivity contribution in [3.8, 4) is 11.5 Å². The van der Waals surface area contributed by atoms with Gasteiger partial charge in [0, 0.05) is 69.1 Å². The third-order valence-corrected chi connectivity index (χ3v) is 9.10. The Hall–Kier alpha value is -4.08. The van der Waals surface area contributed by atoms with E-state index in [1.807, 2.05) is 67.7 Å². The van der Waals surface area contributed by atoms with Crippen molar-refractivity contribution in [1.82, 2.24) is 19.8 Å². The van der Waals surface area contributed by atoms with Crippen molar-refractivity contribution in [1.29, 1.82) is 0 Å². The van der Waals surface area contributed by atoms with Gasteiger partial charge in [-0.1, -0.05) is 81.1 Å². The zero-order valence-corrected chi connectivity index (χ0v) is 27.3. The highest BCUT2D eigenvalue weighted by molar-refractivity contribution is 7.98. The van der Waals surface area contributed by atoms with Crippen molar-refractivity contribution < 1.29 is 14.3 Å². The Morgan fingerprint density at radius 2 is 1.56 bits per heavy atom. The van der Waals surface area contributed by atoms with Crippen LogP contribution in [0, 0.1) is 0 Å². The number of carbonyl (C=O) groups is 1. The van der Waals surface area contributed by atoms with E-state index in [2.05, 4.69) is 48.8 Å². The van der Waals surface area contributed by atoms with Crippen LogP contribution in [0.2, 0.25) is 0 Å². The largest absolute Gasteiger partial charge is 0.454 e. The number of rotatable bonds is 9. The van der Waals surface area contributed by atoms with E-state index in [1.165, 1.54) is 5.56 Å². The van der Waals surface area contributed by atoms with Gasteiger partial charge in [0.05, 0.1) is 5.69 Å². The first kappa shape index (κ1) is 30.9. The van der Waals surface area contributed by atoms with Crippen LogP contribution < -0.4 is 14.4 Å². The average molecular weight is 624 g/mol. The first-order valence-electron chi connectivity index (χ1n) is 15.5. The van der Waals surface area contributed by atoms with E-state index in [-0.39, 0.29) is 11.3 Å². The summed E-state index contributed by atoms with van der Waals surface area (Å²) < 4.78 is 11.0. The summed E-state index contributed by atoms with van der Waals surface area (Å²) in [6, 6.07) is 26.3. The Bertz CT molecular complexity index is 1620. The average Bonchev–Trinajstić information content (AvgIpc) is 3.52. The summed E-state index contributed by atoms with van der Waals surface area (Å²) in [5.74, 6) is 3.39. The molecule has 3 aromatic carbocycles. The Balaban J connectivity index is 1.07. The third-order valence-electron chi connectivity index (χ3n) is 8.18. The fourth-order valence-electron chi connectivity index (χ4n) is 5.50. The highest BCUT2D eigenvalue weighted by atomic mass is 32.2. The molecule has 4 aromatic rings. The Kier molecular flexibility index (Phi) is 9.28.